The van der Waals surface area contributed by atoms with Crippen LogP contribution in [-0.2, 0) is 50.9 Å². The van der Waals surface area contributed by atoms with Crippen molar-refractivity contribution in [3.63, 3.8) is 0 Å². The van der Waals surface area contributed by atoms with Crippen LogP contribution >= 0.6 is 24.6 Å². The van der Waals surface area contributed by atoms with Crippen LogP contribution < -0.4 is 10.5 Å². The van der Waals surface area contributed by atoms with Gasteiger partial charge in [-0.05, 0) is 80.0 Å². The van der Waals surface area contributed by atoms with E-state index in [0.717, 1.165) is 25.7 Å². The zero-order chi connectivity index (χ0) is 34.8. The van der Waals surface area contributed by atoms with Gasteiger partial charge in [-0.1, -0.05) is 27.7 Å². The van der Waals surface area contributed by atoms with Crippen LogP contribution in [0.2, 0.25) is 0 Å². The zero-order valence-corrected chi connectivity index (χ0v) is 29.0. The lowest BCUT2D eigenvalue weighted by atomic mass is 9.43. The maximum absolute atomic E-state index is 13.0. The Labute approximate surface area is 287 Å². The Balaban J connectivity index is 1.45. The maximum atomic E-state index is 13.0. The monoisotopic (exact) mass is 726 g/mol. The summed E-state index contributed by atoms with van der Waals surface area (Å²) in [4.78, 5) is 25.9. The van der Waals surface area contributed by atoms with Gasteiger partial charge in [0.15, 0.2) is 37.0 Å². The summed E-state index contributed by atoms with van der Waals surface area (Å²) in [6.45, 7) is 7.22. The summed E-state index contributed by atoms with van der Waals surface area (Å²) in [6, 6.07) is 0. The largest absolute Gasteiger partial charge is 0.691 e. The summed E-state index contributed by atoms with van der Waals surface area (Å²) in [5, 5.41) is 60.0. The lowest BCUT2D eigenvalue weighted by Crippen LogP contribution is -2.63. The van der Waals surface area contributed by atoms with Crippen LogP contribution in [0.15, 0.2) is 0 Å². The first-order chi connectivity index (χ1) is 22.9. The van der Waals surface area contributed by atoms with Crippen molar-refractivity contribution in [3.8, 4) is 0 Å². The number of ether oxygens (including phenoxy) is 3. The summed E-state index contributed by atoms with van der Waals surface area (Å²) < 4.78 is 38.1. The molecule has 4 saturated carbocycles. The standard InChI is InChI=1S/C30H48O16S2/c1-14(2)9-22(32)40-25-24(42-48-46-44-37)23(41-47-45-43-36)20(13-31)39-28(25)38-17-10-18(27(34)35)19-7-8-30-11-16(15(3)26(30)33)5-6-21(30)29(19,4)12-17/h14-21,23-26,28,31,33,36-37H,5-13H2,1-4H3,(H,34,35)/p-2/t15?,16?,17?,18?,19?,20-,21?,23-,24-,25?,26+,28?,29?,30?/m1/s1. The van der Waals surface area contributed by atoms with Crippen molar-refractivity contribution in [3.05, 3.63) is 0 Å². The number of rotatable bonds is 15. The molecule has 48 heavy (non-hydrogen) atoms. The van der Waals surface area contributed by atoms with Crippen molar-refractivity contribution in [2.45, 2.75) is 122 Å². The van der Waals surface area contributed by atoms with Gasteiger partial charge < -0.3 is 40.0 Å². The van der Waals surface area contributed by atoms with Crippen LogP contribution in [-0.4, -0.2) is 76.8 Å². The van der Waals surface area contributed by atoms with Gasteiger partial charge in [0.1, 0.15) is 18.3 Å². The first kappa shape index (κ1) is 38.4. The Hall–Kier alpha value is -0.840. The Morgan fingerprint density at radius 2 is 1.71 bits per heavy atom. The van der Waals surface area contributed by atoms with Crippen molar-refractivity contribution >= 4 is 36.6 Å². The van der Waals surface area contributed by atoms with Crippen LogP contribution in [0.4, 0.5) is 0 Å². The number of hydrogen-bond donors (Lipinski definition) is 3. The lowest BCUT2D eigenvalue weighted by molar-refractivity contribution is -0.778. The average molecular weight is 727 g/mol. The zero-order valence-electron chi connectivity index (χ0n) is 27.3. The second-order valence-corrected chi connectivity index (χ2v) is 15.7. The molecule has 4 aliphatic carbocycles. The number of aliphatic hydroxyl groups excluding tert-OH is 2. The molecule has 2 bridgehead atoms. The number of fused-ring (bicyclic) bond motifs is 3. The maximum Gasteiger partial charge on any atom is 0.306 e. The van der Waals surface area contributed by atoms with Gasteiger partial charge in [0.05, 0.1) is 24.7 Å². The minimum atomic E-state index is -1.40. The van der Waals surface area contributed by atoms with E-state index in [2.05, 4.69) is 32.6 Å². The highest BCUT2D eigenvalue weighted by Crippen LogP contribution is 2.71. The van der Waals surface area contributed by atoms with Gasteiger partial charge in [-0.3, -0.25) is 28.0 Å². The third-order valence-corrected chi connectivity index (χ3v) is 12.7. The number of aliphatic hydroxyl groups is 2. The Bertz CT molecular complexity index is 1100. The van der Waals surface area contributed by atoms with Crippen molar-refractivity contribution in [2.24, 2.45) is 46.3 Å². The van der Waals surface area contributed by atoms with Gasteiger partial charge in [-0.25, -0.2) is 0 Å². The minimum Gasteiger partial charge on any atom is -0.691 e. The van der Waals surface area contributed by atoms with Gasteiger partial charge in [0.25, 0.3) is 0 Å². The molecule has 5 rings (SSSR count). The van der Waals surface area contributed by atoms with E-state index in [0.29, 0.717) is 18.8 Å². The first-order valence-electron chi connectivity index (χ1n) is 16.5. The van der Waals surface area contributed by atoms with Gasteiger partial charge in [-0.2, -0.15) is 0 Å². The Morgan fingerprint density at radius 1 is 1.02 bits per heavy atom. The summed E-state index contributed by atoms with van der Waals surface area (Å²) in [7, 11) is 0. The van der Waals surface area contributed by atoms with E-state index >= 15 is 0 Å². The fourth-order valence-corrected chi connectivity index (χ4v) is 10.8. The molecule has 18 heteroatoms. The molecule has 0 aromatic rings. The van der Waals surface area contributed by atoms with E-state index < -0.39 is 72.8 Å². The predicted octanol–water partition coefficient (Wildman–Crippen LogP) is 1.71. The molecule has 14 atom stereocenters. The van der Waals surface area contributed by atoms with E-state index in [1.807, 2.05) is 13.8 Å². The van der Waals surface area contributed by atoms with Crippen LogP contribution in [0.25, 0.3) is 0 Å². The molecule has 1 aliphatic heterocycles. The number of carbonyl (C=O) groups is 2. The minimum absolute atomic E-state index is 0.00978. The van der Waals surface area contributed by atoms with E-state index in [4.69, 9.17) is 22.6 Å². The van der Waals surface area contributed by atoms with Gasteiger partial charge in [-0.15, -0.1) is 8.67 Å². The second-order valence-electron chi connectivity index (χ2n) is 14.7. The number of carbonyl (C=O) groups excluding carboxylic acids is 1. The van der Waals surface area contributed by atoms with Crippen molar-refractivity contribution in [2.75, 3.05) is 6.61 Å². The van der Waals surface area contributed by atoms with E-state index in [-0.39, 0.29) is 66.6 Å². The van der Waals surface area contributed by atoms with Crippen LogP contribution in [0.1, 0.15) is 79.1 Å². The first-order valence-corrected chi connectivity index (χ1v) is 17.8. The fraction of sp³-hybridized carbons (Fsp3) is 0.933. The molecule has 1 spiro atoms. The van der Waals surface area contributed by atoms with Crippen molar-refractivity contribution in [1.29, 1.82) is 0 Å². The molecule has 10 unspecified atom stereocenters. The topological polar surface area (TPSA) is 224 Å². The molecule has 3 N–H and O–H groups in total. The highest BCUT2D eigenvalue weighted by atomic mass is 32.2. The fourth-order valence-electron chi connectivity index (χ4n) is 10.1. The van der Waals surface area contributed by atoms with Crippen molar-refractivity contribution in [1.82, 2.24) is 0 Å². The van der Waals surface area contributed by atoms with E-state index in [9.17, 15) is 35.4 Å². The number of hydrogen-bond acceptors (Lipinski definition) is 17. The van der Waals surface area contributed by atoms with Crippen LogP contribution in [0, 0.1) is 46.3 Å². The third-order valence-electron chi connectivity index (χ3n) is 11.9. The molecule has 0 aromatic carbocycles. The number of carboxylic acid groups (broad SMARTS) is 1. The number of esters is 1. The molecule has 0 amide bonds. The molecule has 1 heterocycles. The predicted molar refractivity (Wildman–Crippen MR) is 159 cm³/mol. The molecular formula is C30H46O16S2-2. The summed E-state index contributed by atoms with van der Waals surface area (Å²) in [5.41, 5.74) is -0.771. The summed E-state index contributed by atoms with van der Waals surface area (Å²) in [6.07, 6.45) is -2.95. The van der Waals surface area contributed by atoms with Gasteiger partial charge >= 0.3 is 11.9 Å². The highest BCUT2D eigenvalue weighted by molar-refractivity contribution is 7.90. The normalized spacial score (nSPS) is 43.9. The molecule has 0 aromatic heterocycles. The van der Waals surface area contributed by atoms with Gasteiger partial charge in [0.2, 0.25) is 0 Å². The molecule has 0 radical (unpaired) electrons. The SMILES string of the molecule is CC(C)CC(=O)OC1C(OC2CC(C(=O)O)C3CCC45CC(CCC4C3(C)C2)C(C)[C@@H]5O)O[C@H](CO)[C@@H](OSOO[O-])[C@H]1OSOO[O-]. The van der Waals surface area contributed by atoms with Crippen molar-refractivity contribution < 1.29 is 76.7 Å². The molecular weight excluding hydrogens is 680 g/mol. The second kappa shape index (κ2) is 16.2. The Kier molecular flexibility index (Phi) is 13.0. The van der Waals surface area contributed by atoms with E-state index in [1.54, 1.807) is 0 Å². The van der Waals surface area contributed by atoms with Gasteiger partial charge in [0, 0.05) is 11.8 Å². The quantitative estimate of drug-likeness (QED) is 0.0545. The lowest BCUT2D eigenvalue weighted by Gasteiger charge is -2.62. The average Bonchev–Trinajstić information content (AvgIpc) is 3.21. The number of aliphatic carboxylic acids is 1. The molecule has 1 saturated heterocycles. The van der Waals surface area contributed by atoms with Crippen LogP contribution in [0.5, 0.6) is 0 Å². The van der Waals surface area contributed by atoms with Crippen LogP contribution in [0.3, 0.4) is 0 Å². The molecule has 5 fully saturated rings. The molecule has 16 nitrogen and oxygen atoms in total. The number of carboxylic acids is 1. The highest BCUT2D eigenvalue weighted by Gasteiger charge is 2.67. The third kappa shape index (κ3) is 7.53. The summed E-state index contributed by atoms with van der Waals surface area (Å²) >= 11 is 0.208. The van der Waals surface area contributed by atoms with E-state index in [1.165, 1.54) is 0 Å². The molecule has 276 valence electrons. The smallest absolute Gasteiger partial charge is 0.306 e. The summed E-state index contributed by atoms with van der Waals surface area (Å²) in [5.74, 6) is -1.82. The molecule has 5 aliphatic rings. The Morgan fingerprint density at radius 3 is 2.33 bits per heavy atom.